The first-order valence-corrected chi connectivity index (χ1v) is 11.6. The number of fused-ring (bicyclic) bond motifs is 3. The van der Waals surface area contributed by atoms with Crippen LogP contribution in [0.4, 0.5) is 11.6 Å². The standard InChI is InChI=1S/C26H27N5O4/c1-17-10-11-20(18(2)14-17)29-12-7-13-30-22-23(27-25(29)30)28(3)26(34)31(24(22)33)15-21(32)35-16-19-8-5-4-6-9-19/h4-6,8-11,14H,7,12-13,15-16H2,1-3H3. The van der Waals surface area contributed by atoms with E-state index >= 15 is 0 Å². The fourth-order valence-corrected chi connectivity index (χ4v) is 4.65. The van der Waals surface area contributed by atoms with Crippen molar-refractivity contribution in [2.24, 2.45) is 7.05 Å². The van der Waals surface area contributed by atoms with Crippen LogP contribution >= 0.6 is 0 Å². The highest BCUT2D eigenvalue weighted by Crippen LogP contribution is 2.33. The van der Waals surface area contributed by atoms with E-state index in [4.69, 9.17) is 9.72 Å². The van der Waals surface area contributed by atoms with Gasteiger partial charge in [0, 0.05) is 25.8 Å². The Balaban J connectivity index is 1.53. The molecule has 0 aliphatic carbocycles. The third kappa shape index (κ3) is 4.03. The molecule has 0 saturated carbocycles. The van der Waals surface area contributed by atoms with E-state index in [0.717, 1.165) is 34.3 Å². The van der Waals surface area contributed by atoms with Crippen molar-refractivity contribution in [3.8, 4) is 0 Å². The number of nitrogens with zero attached hydrogens (tertiary/aromatic N) is 5. The molecule has 1 aliphatic rings. The van der Waals surface area contributed by atoms with Crippen molar-refractivity contribution in [2.45, 2.75) is 40.0 Å². The summed E-state index contributed by atoms with van der Waals surface area (Å²) in [4.78, 5) is 45.8. The van der Waals surface area contributed by atoms with Gasteiger partial charge in [0.05, 0.1) is 0 Å². The molecule has 5 rings (SSSR count). The molecule has 0 fully saturated rings. The minimum Gasteiger partial charge on any atom is -0.459 e. The zero-order valence-electron chi connectivity index (χ0n) is 20.0. The fraction of sp³-hybridized carbons (Fsp3) is 0.308. The molecule has 0 amide bonds. The van der Waals surface area contributed by atoms with Crippen LogP contribution in [0.3, 0.4) is 0 Å². The third-order valence-corrected chi connectivity index (χ3v) is 6.39. The minimum atomic E-state index is -0.650. The van der Waals surface area contributed by atoms with Crippen LogP contribution in [0, 0.1) is 13.8 Å². The number of ether oxygens (including phenoxy) is 1. The highest BCUT2D eigenvalue weighted by Gasteiger charge is 2.28. The average molecular weight is 474 g/mol. The quantitative estimate of drug-likeness (QED) is 0.414. The molecule has 0 saturated heterocycles. The molecule has 2 aromatic carbocycles. The van der Waals surface area contributed by atoms with Gasteiger partial charge in [0.25, 0.3) is 5.56 Å². The van der Waals surface area contributed by atoms with E-state index in [9.17, 15) is 14.4 Å². The number of aromatic nitrogens is 4. The van der Waals surface area contributed by atoms with Gasteiger partial charge in [0.2, 0.25) is 5.95 Å². The second kappa shape index (κ2) is 8.90. The second-order valence-electron chi connectivity index (χ2n) is 8.91. The third-order valence-electron chi connectivity index (χ3n) is 6.39. The number of imidazole rings is 1. The molecule has 0 spiro atoms. The normalized spacial score (nSPS) is 13.2. The van der Waals surface area contributed by atoms with Crippen molar-refractivity contribution >= 4 is 28.8 Å². The number of aryl methyl sites for hydroxylation is 4. The molecular weight excluding hydrogens is 446 g/mol. The average Bonchev–Trinajstić information content (AvgIpc) is 3.25. The number of hydrogen-bond donors (Lipinski definition) is 0. The van der Waals surface area contributed by atoms with Crippen molar-refractivity contribution in [3.05, 3.63) is 86.1 Å². The van der Waals surface area contributed by atoms with E-state index in [1.807, 2.05) is 54.8 Å². The van der Waals surface area contributed by atoms with Gasteiger partial charge >= 0.3 is 11.7 Å². The highest BCUT2D eigenvalue weighted by atomic mass is 16.5. The Bertz CT molecular complexity index is 1550. The van der Waals surface area contributed by atoms with Gasteiger partial charge < -0.3 is 14.2 Å². The summed E-state index contributed by atoms with van der Waals surface area (Å²) in [6.07, 6.45) is 0.813. The van der Waals surface area contributed by atoms with Crippen LogP contribution in [0.1, 0.15) is 23.1 Å². The van der Waals surface area contributed by atoms with Crippen molar-refractivity contribution in [2.75, 3.05) is 11.4 Å². The topological polar surface area (TPSA) is 91.4 Å². The molecule has 9 heteroatoms. The summed E-state index contributed by atoms with van der Waals surface area (Å²) in [7, 11) is 1.57. The number of rotatable bonds is 5. The van der Waals surface area contributed by atoms with Crippen molar-refractivity contribution in [1.29, 1.82) is 0 Å². The van der Waals surface area contributed by atoms with Crippen molar-refractivity contribution < 1.29 is 9.53 Å². The molecule has 9 nitrogen and oxygen atoms in total. The number of benzene rings is 2. The molecule has 0 atom stereocenters. The van der Waals surface area contributed by atoms with E-state index in [2.05, 4.69) is 17.0 Å². The summed E-state index contributed by atoms with van der Waals surface area (Å²) in [5.74, 6) is -0.0302. The van der Waals surface area contributed by atoms with Gasteiger partial charge in [-0.3, -0.25) is 14.2 Å². The Morgan fingerprint density at radius 2 is 1.83 bits per heavy atom. The van der Waals surface area contributed by atoms with Gasteiger partial charge in [0.1, 0.15) is 13.2 Å². The summed E-state index contributed by atoms with van der Waals surface area (Å²) in [5.41, 5.74) is 3.59. The molecule has 0 unspecified atom stereocenters. The van der Waals surface area contributed by atoms with Gasteiger partial charge in [-0.15, -0.1) is 0 Å². The van der Waals surface area contributed by atoms with Gasteiger partial charge in [0.15, 0.2) is 11.2 Å². The molecule has 3 heterocycles. The Hall–Kier alpha value is -4.14. The number of carbonyl (C=O) groups is 1. The lowest BCUT2D eigenvalue weighted by Gasteiger charge is -2.30. The zero-order valence-corrected chi connectivity index (χ0v) is 20.0. The summed E-state index contributed by atoms with van der Waals surface area (Å²) in [6.45, 7) is 5.05. The van der Waals surface area contributed by atoms with Gasteiger partial charge in [-0.1, -0.05) is 48.0 Å². The summed E-state index contributed by atoms with van der Waals surface area (Å²) >= 11 is 0. The number of hydrogen-bond acceptors (Lipinski definition) is 6. The monoisotopic (exact) mass is 473 g/mol. The van der Waals surface area contributed by atoms with E-state index in [1.54, 1.807) is 7.05 Å². The van der Waals surface area contributed by atoms with Crippen LogP contribution in [-0.4, -0.2) is 31.2 Å². The lowest BCUT2D eigenvalue weighted by Crippen LogP contribution is -2.41. The lowest BCUT2D eigenvalue weighted by atomic mass is 10.1. The lowest BCUT2D eigenvalue weighted by molar-refractivity contribution is -0.145. The van der Waals surface area contributed by atoms with Crippen molar-refractivity contribution in [1.82, 2.24) is 18.7 Å². The Morgan fingerprint density at radius 3 is 2.57 bits per heavy atom. The van der Waals surface area contributed by atoms with E-state index in [0.29, 0.717) is 23.7 Å². The van der Waals surface area contributed by atoms with Crippen molar-refractivity contribution in [3.63, 3.8) is 0 Å². The summed E-state index contributed by atoms with van der Waals surface area (Å²) in [5, 5.41) is 0. The molecule has 0 radical (unpaired) electrons. The SMILES string of the molecule is Cc1ccc(N2CCCn3c2nc2c3c(=O)n(CC(=O)OCc3ccccc3)c(=O)n2C)c(C)c1. The smallest absolute Gasteiger partial charge is 0.333 e. The molecule has 0 bridgehead atoms. The summed E-state index contributed by atoms with van der Waals surface area (Å²) in [6, 6.07) is 15.5. The fourth-order valence-electron chi connectivity index (χ4n) is 4.65. The maximum absolute atomic E-state index is 13.5. The minimum absolute atomic E-state index is 0.0733. The van der Waals surface area contributed by atoms with Crippen LogP contribution in [-0.2, 0) is 36.3 Å². The Kier molecular flexibility index (Phi) is 5.76. The first-order chi connectivity index (χ1) is 16.8. The predicted molar refractivity (Wildman–Crippen MR) is 133 cm³/mol. The number of anilines is 2. The largest absolute Gasteiger partial charge is 0.459 e. The van der Waals surface area contributed by atoms with E-state index in [1.165, 1.54) is 10.1 Å². The van der Waals surface area contributed by atoms with Crippen LogP contribution in [0.5, 0.6) is 0 Å². The van der Waals surface area contributed by atoms with E-state index < -0.39 is 23.8 Å². The van der Waals surface area contributed by atoms with Crippen LogP contribution in [0.15, 0.2) is 58.1 Å². The van der Waals surface area contributed by atoms with Crippen LogP contribution in [0.25, 0.3) is 11.2 Å². The first kappa shape index (κ1) is 22.6. The van der Waals surface area contributed by atoms with Gasteiger partial charge in [-0.25, -0.2) is 9.36 Å². The summed E-state index contributed by atoms with van der Waals surface area (Å²) < 4.78 is 9.42. The van der Waals surface area contributed by atoms with Gasteiger partial charge in [-0.05, 0) is 37.5 Å². The molecule has 2 aromatic heterocycles. The highest BCUT2D eigenvalue weighted by molar-refractivity contribution is 5.78. The van der Waals surface area contributed by atoms with Crippen LogP contribution in [0.2, 0.25) is 0 Å². The van der Waals surface area contributed by atoms with E-state index in [-0.39, 0.29) is 6.61 Å². The predicted octanol–water partition coefficient (Wildman–Crippen LogP) is 2.80. The molecular formula is C26H27N5O4. The molecule has 0 N–H and O–H groups in total. The zero-order chi connectivity index (χ0) is 24.7. The Labute approximate surface area is 201 Å². The number of carbonyl (C=O) groups excluding carboxylic acids is 1. The maximum Gasteiger partial charge on any atom is 0.333 e. The number of esters is 1. The molecule has 4 aromatic rings. The molecule has 1 aliphatic heterocycles. The second-order valence-corrected chi connectivity index (χ2v) is 8.91. The molecule has 180 valence electrons. The van der Waals surface area contributed by atoms with Gasteiger partial charge in [-0.2, -0.15) is 4.98 Å². The Morgan fingerprint density at radius 1 is 1.06 bits per heavy atom. The maximum atomic E-state index is 13.5. The molecule has 35 heavy (non-hydrogen) atoms. The van der Waals surface area contributed by atoms with Crippen LogP contribution < -0.4 is 16.1 Å². The first-order valence-electron chi connectivity index (χ1n) is 11.6.